The molecule has 0 spiro atoms. The third-order valence-corrected chi connectivity index (χ3v) is 8.13. The molecule has 2 aliphatic heterocycles. The van der Waals surface area contributed by atoms with Gasteiger partial charge in [-0.25, -0.2) is 24.4 Å². The molecule has 0 radical (unpaired) electrons. The van der Waals surface area contributed by atoms with Crippen molar-refractivity contribution in [2.45, 2.75) is 63.9 Å². The Kier molecular flexibility index (Phi) is 6.91. The maximum atomic E-state index is 16.5. The topological polar surface area (TPSA) is 113 Å². The van der Waals surface area contributed by atoms with E-state index in [1.54, 1.807) is 32.6 Å². The van der Waals surface area contributed by atoms with E-state index in [0.29, 0.717) is 22.8 Å². The molecule has 0 amide bonds. The van der Waals surface area contributed by atoms with Crippen molar-refractivity contribution in [1.29, 1.82) is 0 Å². The van der Waals surface area contributed by atoms with Gasteiger partial charge in [-0.2, -0.15) is 0 Å². The highest BCUT2D eigenvalue weighted by molar-refractivity contribution is 8.09. The summed E-state index contributed by atoms with van der Waals surface area (Å²) >= 11 is 5.53. The van der Waals surface area contributed by atoms with Crippen LogP contribution in [0.4, 0.5) is 10.2 Å². The number of imidazole rings is 1. The van der Waals surface area contributed by atoms with Crippen molar-refractivity contribution in [3.63, 3.8) is 0 Å². The number of anilines is 1. The number of ether oxygens (including phenoxy) is 2. The van der Waals surface area contributed by atoms with E-state index in [1.807, 2.05) is 14.1 Å². The second kappa shape index (κ2) is 9.35. The summed E-state index contributed by atoms with van der Waals surface area (Å²) < 4.78 is 40.8. The van der Waals surface area contributed by atoms with Gasteiger partial charge >= 0.3 is 5.97 Å². The normalized spacial score (nSPS) is 31.2. The van der Waals surface area contributed by atoms with E-state index in [9.17, 15) is 4.79 Å². The van der Waals surface area contributed by atoms with E-state index in [1.165, 1.54) is 10.9 Å². The second-order valence-corrected chi connectivity index (χ2v) is 12.1. The van der Waals surface area contributed by atoms with Crippen molar-refractivity contribution in [1.82, 2.24) is 24.6 Å². The number of nitrogens with one attached hydrogen (secondary N) is 1. The van der Waals surface area contributed by atoms with Crippen molar-refractivity contribution >= 4 is 41.4 Å². The van der Waals surface area contributed by atoms with Crippen LogP contribution in [0.15, 0.2) is 6.33 Å². The summed E-state index contributed by atoms with van der Waals surface area (Å²) in [5.41, 5.74) is -1.59. The van der Waals surface area contributed by atoms with Crippen LogP contribution in [-0.4, -0.2) is 76.2 Å². The number of halogens is 1. The molecule has 2 aromatic heterocycles. The zero-order chi connectivity index (χ0) is 25.7. The number of hydrogen-bond acceptors (Lipinski definition) is 10. The average molecular weight is 527 g/mol. The Labute approximate surface area is 207 Å². The largest absolute Gasteiger partial charge is 0.462 e. The van der Waals surface area contributed by atoms with Crippen LogP contribution in [0, 0.1) is 19.3 Å². The lowest BCUT2D eigenvalue weighted by Gasteiger charge is -2.37. The molecule has 2 aromatic rings. The van der Waals surface area contributed by atoms with Crippen molar-refractivity contribution < 1.29 is 27.7 Å². The molecule has 2 saturated heterocycles. The van der Waals surface area contributed by atoms with E-state index in [0.717, 1.165) is 0 Å². The summed E-state index contributed by atoms with van der Waals surface area (Å²) in [6, 6.07) is -0.834. The van der Waals surface area contributed by atoms with Crippen LogP contribution in [0.2, 0.25) is 0 Å². The number of rotatable bonds is 6. The number of esters is 1. The first-order valence-corrected chi connectivity index (χ1v) is 13.6. The molecule has 1 N–H and O–H groups in total. The number of fused-ring (bicyclic) bond motifs is 2. The van der Waals surface area contributed by atoms with Gasteiger partial charge in [0.15, 0.2) is 23.2 Å². The Bertz CT molecular complexity index is 1230. The van der Waals surface area contributed by atoms with Gasteiger partial charge < -0.3 is 23.4 Å². The van der Waals surface area contributed by atoms with Gasteiger partial charge in [0.1, 0.15) is 24.1 Å². The van der Waals surface area contributed by atoms with Gasteiger partial charge in [0.25, 0.3) is 6.64 Å². The number of carbonyl (C=O) groups is 1. The van der Waals surface area contributed by atoms with Gasteiger partial charge in [0, 0.05) is 14.1 Å². The molecule has 0 aliphatic carbocycles. The lowest BCUT2D eigenvalue weighted by Crippen LogP contribution is -2.48. The summed E-state index contributed by atoms with van der Waals surface area (Å²) in [4.78, 5) is 27.3. The molecule has 0 aromatic carbocycles. The molecule has 14 heteroatoms. The van der Waals surface area contributed by atoms with E-state index < -0.39 is 42.8 Å². The van der Waals surface area contributed by atoms with Crippen molar-refractivity contribution in [3.8, 4) is 12.3 Å². The highest BCUT2D eigenvalue weighted by Gasteiger charge is 2.62. The Hall–Kier alpha value is -2.20. The standard InChI is InChI=1S/C21H28FN6O5PS/c1-8-21(22)16-14(9-30-34(35,33-16)26-12(4)19(29)31-11(2)3)32-20(21)28-10-23-15-17(27(6)7)24-13(5)25-18(15)28/h1,10-12,14,16,20H,9H2,2-7H3,(H,26,35)/t12-,14+,16+,20+,21+,34?/m0/s1. The minimum absolute atomic E-state index is 0.0751. The first-order valence-electron chi connectivity index (χ1n) is 11.0. The van der Waals surface area contributed by atoms with E-state index in [4.69, 9.17) is 36.8 Å². The molecule has 4 rings (SSSR count). The van der Waals surface area contributed by atoms with Gasteiger partial charge in [0.2, 0.25) is 5.67 Å². The van der Waals surface area contributed by atoms with Gasteiger partial charge in [-0.1, -0.05) is 5.92 Å². The first kappa shape index (κ1) is 25.9. The Balaban J connectivity index is 1.64. The molecule has 35 heavy (non-hydrogen) atoms. The summed E-state index contributed by atoms with van der Waals surface area (Å²) in [6.07, 6.45) is 3.42. The van der Waals surface area contributed by atoms with E-state index in [2.05, 4.69) is 26.0 Å². The monoisotopic (exact) mass is 526 g/mol. The molecule has 4 heterocycles. The van der Waals surface area contributed by atoms with Crippen molar-refractivity contribution in [3.05, 3.63) is 12.2 Å². The molecule has 11 nitrogen and oxygen atoms in total. The summed E-state index contributed by atoms with van der Waals surface area (Å²) in [5.74, 6) is 2.74. The minimum atomic E-state index is -3.30. The zero-order valence-electron chi connectivity index (χ0n) is 20.3. The number of alkyl halides is 1. The molecule has 0 saturated carbocycles. The molecule has 6 atom stereocenters. The molecule has 2 fully saturated rings. The van der Waals surface area contributed by atoms with Gasteiger partial charge in [-0.15, -0.1) is 6.42 Å². The predicted octanol–water partition coefficient (Wildman–Crippen LogP) is 2.01. The average Bonchev–Trinajstić information content (AvgIpc) is 3.31. The lowest BCUT2D eigenvalue weighted by atomic mass is 9.97. The maximum Gasteiger partial charge on any atom is 0.323 e. The van der Waals surface area contributed by atoms with E-state index in [-0.39, 0.29) is 12.7 Å². The van der Waals surface area contributed by atoms with Gasteiger partial charge in [-0.3, -0.25) is 9.36 Å². The molecule has 2 aliphatic rings. The molecule has 1 unspecified atom stereocenters. The second-order valence-electron chi connectivity index (χ2n) is 8.91. The SMILES string of the molecule is C#C[C@@]1(F)[C@@H]2OP(=S)(N[C@@H](C)C(=O)OC(C)C)OC[C@H]2O[C@H]1n1cnc2c(N(C)C)nc(C)nc21. The fraction of sp³-hybridized carbons (Fsp3) is 0.619. The number of hydrogen-bond donors (Lipinski definition) is 1. The third-order valence-electron chi connectivity index (χ3n) is 5.55. The molecular weight excluding hydrogens is 498 g/mol. The number of aryl methyl sites for hydroxylation is 1. The third kappa shape index (κ3) is 4.67. The van der Waals surface area contributed by atoms with Crippen LogP contribution >= 0.6 is 6.64 Å². The highest BCUT2D eigenvalue weighted by atomic mass is 32.5. The van der Waals surface area contributed by atoms with Crippen LogP contribution in [0.25, 0.3) is 11.2 Å². The Morgan fingerprint density at radius 1 is 1.46 bits per heavy atom. The number of carbonyl (C=O) groups excluding carboxylic acids is 1. The van der Waals surface area contributed by atoms with Gasteiger partial charge in [-0.05, 0) is 39.5 Å². The van der Waals surface area contributed by atoms with Crippen LogP contribution in [0.3, 0.4) is 0 Å². The molecular formula is C21H28FN6O5PS. The quantitative estimate of drug-likeness (QED) is 0.339. The highest BCUT2D eigenvalue weighted by Crippen LogP contribution is 2.57. The zero-order valence-corrected chi connectivity index (χ0v) is 22.0. The first-order chi connectivity index (χ1) is 16.4. The number of terminal acetylenes is 1. The molecule has 0 bridgehead atoms. The predicted molar refractivity (Wildman–Crippen MR) is 130 cm³/mol. The fourth-order valence-electron chi connectivity index (χ4n) is 3.97. The van der Waals surface area contributed by atoms with E-state index >= 15 is 4.39 Å². The molecule has 190 valence electrons. The lowest BCUT2D eigenvalue weighted by molar-refractivity contribution is -0.149. The van der Waals surface area contributed by atoms with Crippen LogP contribution in [0.5, 0.6) is 0 Å². The van der Waals surface area contributed by atoms with Crippen molar-refractivity contribution in [2.24, 2.45) is 0 Å². The van der Waals surface area contributed by atoms with Crippen LogP contribution < -0.4 is 9.99 Å². The Morgan fingerprint density at radius 3 is 2.80 bits per heavy atom. The summed E-state index contributed by atoms with van der Waals surface area (Å²) in [6.45, 7) is 3.38. The maximum absolute atomic E-state index is 16.5. The number of aromatic nitrogens is 4. The van der Waals surface area contributed by atoms with Crippen molar-refractivity contribution in [2.75, 3.05) is 25.6 Å². The minimum Gasteiger partial charge on any atom is -0.462 e. The number of nitrogens with zero attached hydrogens (tertiary/aromatic N) is 5. The smallest absolute Gasteiger partial charge is 0.323 e. The van der Waals surface area contributed by atoms with Crippen LogP contribution in [-0.2, 0) is 35.1 Å². The summed E-state index contributed by atoms with van der Waals surface area (Å²) in [5, 5.41) is 2.85. The Morgan fingerprint density at radius 2 is 2.17 bits per heavy atom. The fourth-order valence-corrected chi connectivity index (χ4v) is 6.62. The summed E-state index contributed by atoms with van der Waals surface area (Å²) in [7, 11) is 3.65. The van der Waals surface area contributed by atoms with Gasteiger partial charge in [0.05, 0.1) is 19.0 Å². The van der Waals surface area contributed by atoms with Crippen LogP contribution in [0.1, 0.15) is 32.8 Å².